The molecule has 3 heterocycles. The van der Waals surface area contributed by atoms with Crippen LogP contribution in [0.1, 0.15) is 35.0 Å². The number of rotatable bonds is 3. The Morgan fingerprint density at radius 1 is 1.23 bits per heavy atom. The number of aromatic amines is 1. The van der Waals surface area contributed by atoms with E-state index in [4.69, 9.17) is 4.42 Å². The number of nitrogens with one attached hydrogen (secondary N) is 1. The molecule has 2 aromatic heterocycles. The number of piperidine rings is 1. The van der Waals surface area contributed by atoms with Crippen LogP contribution >= 0.6 is 0 Å². The highest BCUT2D eigenvalue weighted by Crippen LogP contribution is 2.29. The quantitative estimate of drug-likeness (QED) is 0.772. The highest BCUT2D eigenvalue weighted by molar-refractivity contribution is 5.94. The van der Waals surface area contributed by atoms with E-state index < -0.39 is 0 Å². The number of hydrogen-bond donors (Lipinski definition) is 1. The van der Waals surface area contributed by atoms with Crippen molar-refractivity contribution in [2.45, 2.75) is 18.8 Å². The van der Waals surface area contributed by atoms with Gasteiger partial charge in [-0.2, -0.15) is 0 Å². The van der Waals surface area contributed by atoms with Gasteiger partial charge in [0.15, 0.2) is 5.89 Å². The maximum atomic E-state index is 13.1. The number of halogens is 2. The van der Waals surface area contributed by atoms with Crippen molar-refractivity contribution in [3.63, 3.8) is 0 Å². The third kappa shape index (κ3) is 3.24. The van der Waals surface area contributed by atoms with Crippen LogP contribution in [0.4, 0.5) is 8.78 Å². The molecule has 1 amide bonds. The Hall–Kier alpha value is -2.96. The zero-order valence-electron chi connectivity index (χ0n) is 13.9. The maximum Gasteiger partial charge on any atom is 0.253 e. The number of nitrogens with zero attached hydrogens (tertiary/aromatic N) is 2. The summed E-state index contributed by atoms with van der Waals surface area (Å²) in [5.41, 5.74) is 1.54. The zero-order valence-corrected chi connectivity index (χ0v) is 13.9. The van der Waals surface area contributed by atoms with Crippen LogP contribution in [-0.2, 0) is 0 Å². The third-order valence-corrected chi connectivity index (χ3v) is 4.59. The highest BCUT2D eigenvalue weighted by atomic mass is 19.1. The van der Waals surface area contributed by atoms with Gasteiger partial charge in [-0.3, -0.25) is 4.79 Å². The molecule has 7 heteroatoms. The zero-order chi connectivity index (χ0) is 18.1. The molecular formula is C19H17F2N3O2. The van der Waals surface area contributed by atoms with Crippen LogP contribution < -0.4 is 0 Å². The van der Waals surface area contributed by atoms with Crippen molar-refractivity contribution in [1.29, 1.82) is 0 Å². The topological polar surface area (TPSA) is 62.1 Å². The Bertz CT molecular complexity index is 917. The molecule has 0 bridgehead atoms. The molecule has 1 fully saturated rings. The molecular weight excluding hydrogens is 340 g/mol. The SMILES string of the molecule is O=C(c1ccc(F)cc1)N1CCC[C@H](c2nc(-c3cc(F)c[nH]3)co2)C1. The third-order valence-electron chi connectivity index (χ3n) is 4.59. The first-order chi connectivity index (χ1) is 12.6. The van der Waals surface area contributed by atoms with Gasteiger partial charge in [0, 0.05) is 30.9 Å². The average molecular weight is 357 g/mol. The summed E-state index contributed by atoms with van der Waals surface area (Å²) in [7, 11) is 0. The van der Waals surface area contributed by atoms with Crippen LogP contribution in [0.3, 0.4) is 0 Å². The van der Waals surface area contributed by atoms with Gasteiger partial charge in [0.2, 0.25) is 0 Å². The second kappa shape index (κ2) is 6.74. The Morgan fingerprint density at radius 2 is 2.04 bits per heavy atom. The number of amides is 1. The van der Waals surface area contributed by atoms with E-state index in [0.717, 1.165) is 12.8 Å². The minimum atomic E-state index is -0.369. The number of aromatic nitrogens is 2. The number of H-pyrrole nitrogens is 1. The number of hydrogen-bond acceptors (Lipinski definition) is 3. The molecule has 1 saturated heterocycles. The van der Waals surface area contributed by atoms with Crippen molar-refractivity contribution in [2.24, 2.45) is 0 Å². The lowest BCUT2D eigenvalue weighted by Gasteiger charge is -2.31. The van der Waals surface area contributed by atoms with E-state index in [1.807, 2.05) is 0 Å². The molecule has 0 aliphatic carbocycles. The van der Waals surface area contributed by atoms with Crippen molar-refractivity contribution in [2.75, 3.05) is 13.1 Å². The lowest BCUT2D eigenvalue weighted by Crippen LogP contribution is -2.39. The van der Waals surface area contributed by atoms with Gasteiger partial charge in [0.1, 0.15) is 23.6 Å². The van der Waals surface area contributed by atoms with E-state index in [0.29, 0.717) is 35.9 Å². The molecule has 0 unspecified atom stereocenters. The van der Waals surface area contributed by atoms with Gasteiger partial charge in [0.25, 0.3) is 5.91 Å². The van der Waals surface area contributed by atoms with Gasteiger partial charge in [-0.25, -0.2) is 13.8 Å². The monoisotopic (exact) mass is 357 g/mol. The maximum absolute atomic E-state index is 13.1. The van der Waals surface area contributed by atoms with Crippen molar-refractivity contribution in [3.8, 4) is 11.4 Å². The highest BCUT2D eigenvalue weighted by Gasteiger charge is 2.28. The van der Waals surface area contributed by atoms with Gasteiger partial charge in [0.05, 0.1) is 11.6 Å². The first kappa shape index (κ1) is 16.5. The molecule has 1 aromatic carbocycles. The summed E-state index contributed by atoms with van der Waals surface area (Å²) in [5.74, 6) is -0.356. The Morgan fingerprint density at radius 3 is 2.77 bits per heavy atom. The lowest BCUT2D eigenvalue weighted by molar-refractivity contribution is 0.0698. The predicted molar refractivity (Wildman–Crippen MR) is 90.5 cm³/mol. The van der Waals surface area contributed by atoms with E-state index in [9.17, 15) is 13.6 Å². The van der Waals surface area contributed by atoms with Crippen LogP contribution in [0.25, 0.3) is 11.4 Å². The fourth-order valence-corrected chi connectivity index (χ4v) is 3.25. The lowest BCUT2D eigenvalue weighted by atomic mass is 9.97. The van der Waals surface area contributed by atoms with Gasteiger partial charge in [-0.1, -0.05) is 0 Å². The molecule has 0 radical (unpaired) electrons. The van der Waals surface area contributed by atoms with E-state index >= 15 is 0 Å². The molecule has 134 valence electrons. The van der Waals surface area contributed by atoms with E-state index in [-0.39, 0.29) is 23.5 Å². The Balaban J connectivity index is 1.49. The van der Waals surface area contributed by atoms with E-state index in [1.54, 1.807) is 4.90 Å². The van der Waals surface area contributed by atoms with Crippen LogP contribution in [0.15, 0.2) is 47.2 Å². The average Bonchev–Trinajstić information content (AvgIpc) is 3.31. The molecule has 3 aromatic rings. The number of benzene rings is 1. The molecule has 0 spiro atoms. The van der Waals surface area contributed by atoms with Gasteiger partial charge in [-0.05, 0) is 37.1 Å². The summed E-state index contributed by atoms with van der Waals surface area (Å²) < 4.78 is 31.8. The molecule has 1 N–H and O–H groups in total. The summed E-state index contributed by atoms with van der Waals surface area (Å²) >= 11 is 0. The molecule has 1 aliphatic rings. The smallest absolute Gasteiger partial charge is 0.253 e. The standard InChI is InChI=1S/C19H17F2N3O2/c20-14-5-3-12(4-6-14)19(25)24-7-1-2-13(10-24)18-23-17(11-26-18)16-8-15(21)9-22-16/h3-6,8-9,11,13,22H,1-2,7,10H2/t13-/m0/s1. The second-order valence-corrected chi connectivity index (χ2v) is 6.40. The first-order valence-electron chi connectivity index (χ1n) is 8.45. The van der Waals surface area contributed by atoms with Crippen LogP contribution in [0, 0.1) is 11.6 Å². The summed E-state index contributed by atoms with van der Waals surface area (Å²) in [6.45, 7) is 1.12. The summed E-state index contributed by atoms with van der Waals surface area (Å²) in [6.07, 6.45) is 4.42. The summed E-state index contributed by atoms with van der Waals surface area (Å²) in [6, 6.07) is 6.90. The van der Waals surface area contributed by atoms with Crippen molar-refractivity contribution >= 4 is 5.91 Å². The Labute approximate surface area is 148 Å². The van der Waals surface area contributed by atoms with Gasteiger partial charge < -0.3 is 14.3 Å². The van der Waals surface area contributed by atoms with Crippen LogP contribution in [0.2, 0.25) is 0 Å². The Kier molecular flexibility index (Phi) is 4.28. The van der Waals surface area contributed by atoms with Crippen molar-refractivity contribution in [3.05, 3.63) is 65.9 Å². The predicted octanol–water partition coefficient (Wildman–Crippen LogP) is 3.97. The minimum absolute atomic E-state index is 0.0262. The second-order valence-electron chi connectivity index (χ2n) is 6.40. The molecule has 5 nitrogen and oxygen atoms in total. The number of oxazole rings is 1. The van der Waals surface area contributed by atoms with Crippen molar-refractivity contribution < 1.29 is 18.0 Å². The fraction of sp³-hybridized carbons (Fsp3) is 0.263. The van der Waals surface area contributed by atoms with Crippen LogP contribution in [-0.4, -0.2) is 33.9 Å². The molecule has 0 saturated carbocycles. The molecule has 26 heavy (non-hydrogen) atoms. The van der Waals surface area contributed by atoms with E-state index in [2.05, 4.69) is 9.97 Å². The van der Waals surface area contributed by atoms with Crippen LogP contribution in [0.5, 0.6) is 0 Å². The number of carbonyl (C=O) groups is 1. The first-order valence-corrected chi connectivity index (χ1v) is 8.45. The summed E-state index contributed by atoms with van der Waals surface area (Å²) in [5, 5.41) is 0. The number of carbonyl (C=O) groups excluding carboxylic acids is 1. The van der Waals surface area contributed by atoms with Gasteiger partial charge in [-0.15, -0.1) is 0 Å². The van der Waals surface area contributed by atoms with E-state index in [1.165, 1.54) is 42.8 Å². The summed E-state index contributed by atoms with van der Waals surface area (Å²) in [4.78, 5) is 21.6. The molecule has 1 atom stereocenters. The molecule has 1 aliphatic heterocycles. The fourth-order valence-electron chi connectivity index (χ4n) is 3.25. The van der Waals surface area contributed by atoms with Gasteiger partial charge >= 0.3 is 0 Å². The molecule has 4 rings (SSSR count). The normalized spacial score (nSPS) is 17.5. The largest absolute Gasteiger partial charge is 0.448 e. The number of likely N-dealkylation sites (tertiary alicyclic amines) is 1. The minimum Gasteiger partial charge on any atom is -0.448 e. The van der Waals surface area contributed by atoms with Crippen molar-refractivity contribution in [1.82, 2.24) is 14.9 Å².